The average Bonchev–Trinajstić information content (AvgIpc) is 2.56. The number of hydrogen-bond donors (Lipinski definition) is 0. The van der Waals surface area contributed by atoms with E-state index in [2.05, 4.69) is 44.0 Å². The number of hydrogen-bond acceptors (Lipinski definition) is 8. The van der Waals surface area contributed by atoms with Gasteiger partial charge in [-0.2, -0.15) is 9.78 Å². The molecule has 0 aromatic rings. The van der Waals surface area contributed by atoms with Crippen LogP contribution >= 0.6 is 24.4 Å². The Morgan fingerprint density at radius 1 is 0.680 bits per heavy atom. The number of ketones is 2. The second-order valence-electron chi connectivity index (χ2n) is 4.73. The van der Waals surface area contributed by atoms with Crippen LogP contribution in [0.3, 0.4) is 0 Å². The summed E-state index contributed by atoms with van der Waals surface area (Å²) in [5, 5.41) is -0.129. The van der Waals surface area contributed by atoms with Crippen molar-refractivity contribution < 1.29 is 50.9 Å². The second kappa shape index (κ2) is 21.8. The van der Waals surface area contributed by atoms with Crippen LogP contribution in [0.1, 0.15) is 66.2 Å². The average molecular weight is 428 g/mol. The number of carbonyl (C=O) groups is 2. The molecule has 0 heterocycles. The van der Waals surface area contributed by atoms with E-state index in [0.717, 1.165) is 25.7 Å². The molecule has 0 rings (SSSR count). The fourth-order valence-corrected chi connectivity index (χ4v) is 1.41. The Kier molecular flexibility index (Phi) is 25.7. The summed E-state index contributed by atoms with van der Waals surface area (Å²) in [5.74, 6) is -0.327. The largest absolute Gasteiger partial charge is 0.322 e. The van der Waals surface area contributed by atoms with Gasteiger partial charge in [-0.25, -0.2) is 0 Å². The van der Waals surface area contributed by atoms with Crippen LogP contribution in [0.15, 0.2) is 0 Å². The van der Waals surface area contributed by atoms with Crippen LogP contribution in [0.25, 0.3) is 0 Å². The molecule has 0 aromatic heterocycles. The molecule has 0 aliphatic rings. The van der Waals surface area contributed by atoms with Crippen molar-refractivity contribution >= 4 is 46.1 Å². The van der Waals surface area contributed by atoms with E-state index in [-0.39, 0.29) is 43.4 Å². The van der Waals surface area contributed by atoms with Gasteiger partial charge in [-0.15, -0.1) is 0 Å². The van der Waals surface area contributed by atoms with Gasteiger partial charge in [-0.1, -0.05) is 27.7 Å². The minimum atomic E-state index is -0.163. The standard InChI is InChI=1S/2C8H14O3S.Ti/c2*1-3-5-7(9)8(12)11-10-6-4-2;/h2*3-6H2,1-2H3;. The molecule has 0 atom stereocenters. The molecule has 9 heteroatoms. The number of carbonyl (C=O) groups excluding carboxylic acids is 2. The van der Waals surface area contributed by atoms with Crippen molar-refractivity contribution in [1.29, 1.82) is 0 Å². The van der Waals surface area contributed by atoms with Crippen molar-refractivity contribution in [3.05, 3.63) is 0 Å². The van der Waals surface area contributed by atoms with E-state index in [0.29, 0.717) is 26.1 Å². The van der Waals surface area contributed by atoms with Gasteiger partial charge in [0.1, 0.15) is 0 Å². The molecule has 0 aromatic carbocycles. The van der Waals surface area contributed by atoms with Crippen LogP contribution in [0, 0.1) is 0 Å². The molecule has 0 spiro atoms. The number of Topliss-reactive ketones (excluding diaryl/α,β-unsaturated/α-hetero) is 2. The van der Waals surface area contributed by atoms with E-state index in [9.17, 15) is 9.59 Å². The van der Waals surface area contributed by atoms with E-state index < -0.39 is 0 Å². The minimum Gasteiger partial charge on any atom is -0.322 e. The molecule has 0 bridgehead atoms. The van der Waals surface area contributed by atoms with Gasteiger partial charge in [-0.05, 0) is 50.1 Å². The van der Waals surface area contributed by atoms with Gasteiger partial charge in [-0.3, -0.25) is 9.59 Å². The molecule has 0 N–H and O–H groups in total. The van der Waals surface area contributed by atoms with Crippen molar-refractivity contribution in [2.75, 3.05) is 13.2 Å². The topological polar surface area (TPSA) is 71.1 Å². The number of rotatable bonds is 12. The fourth-order valence-electron chi connectivity index (χ4n) is 1.11. The molecule has 0 saturated heterocycles. The molecule has 0 unspecified atom stereocenters. The quantitative estimate of drug-likeness (QED) is 0.151. The van der Waals surface area contributed by atoms with E-state index in [1.807, 2.05) is 27.7 Å². The van der Waals surface area contributed by atoms with Crippen LogP contribution in [0.4, 0.5) is 0 Å². The SMILES string of the molecule is CCCOOC(=S)C(=O)CCC.CCCOOC(=S)C(=O)CCC.[Ti]. The molecular weight excluding hydrogens is 400 g/mol. The Labute approximate surface area is 176 Å². The van der Waals surface area contributed by atoms with Crippen LogP contribution < -0.4 is 0 Å². The zero-order valence-electron chi connectivity index (χ0n) is 15.4. The van der Waals surface area contributed by atoms with Gasteiger partial charge in [0.15, 0.2) is 0 Å². The summed E-state index contributed by atoms with van der Waals surface area (Å²) in [7, 11) is 0. The molecule has 144 valence electrons. The summed E-state index contributed by atoms with van der Waals surface area (Å²) in [6, 6.07) is 0. The zero-order valence-corrected chi connectivity index (χ0v) is 18.6. The van der Waals surface area contributed by atoms with E-state index in [1.165, 1.54) is 0 Å². The van der Waals surface area contributed by atoms with E-state index in [1.54, 1.807) is 0 Å². The van der Waals surface area contributed by atoms with Crippen LogP contribution in [0.5, 0.6) is 0 Å². The summed E-state index contributed by atoms with van der Waals surface area (Å²) in [6.07, 6.45) is 4.07. The van der Waals surface area contributed by atoms with Crippen LogP contribution in [-0.4, -0.2) is 34.9 Å². The molecule has 0 fully saturated rings. The molecular formula is C16H28O6S2Ti. The van der Waals surface area contributed by atoms with Crippen LogP contribution in [0.2, 0.25) is 0 Å². The van der Waals surface area contributed by atoms with Gasteiger partial charge in [0.25, 0.3) is 10.1 Å². The molecule has 0 amide bonds. The van der Waals surface area contributed by atoms with Gasteiger partial charge in [0, 0.05) is 34.6 Å². The Hall–Kier alpha value is -0.246. The third kappa shape index (κ3) is 19.9. The summed E-state index contributed by atoms with van der Waals surface area (Å²) >= 11 is 9.32. The van der Waals surface area contributed by atoms with Crippen molar-refractivity contribution in [3.63, 3.8) is 0 Å². The monoisotopic (exact) mass is 428 g/mol. The predicted octanol–water partition coefficient (Wildman–Crippen LogP) is 4.08. The van der Waals surface area contributed by atoms with Crippen molar-refractivity contribution in [1.82, 2.24) is 0 Å². The first kappa shape index (κ1) is 29.5. The summed E-state index contributed by atoms with van der Waals surface area (Å²) in [6.45, 7) is 8.63. The summed E-state index contributed by atoms with van der Waals surface area (Å²) in [4.78, 5) is 40.4. The van der Waals surface area contributed by atoms with Crippen LogP contribution in [-0.2, 0) is 50.9 Å². The van der Waals surface area contributed by atoms with Gasteiger partial charge in [0.2, 0.25) is 11.6 Å². The van der Waals surface area contributed by atoms with Crippen molar-refractivity contribution in [2.24, 2.45) is 0 Å². The smallest absolute Gasteiger partial charge is 0.271 e. The first-order chi connectivity index (χ1) is 11.4. The first-order valence-corrected chi connectivity index (χ1v) is 8.99. The Morgan fingerprint density at radius 3 is 1.24 bits per heavy atom. The molecule has 0 aliphatic carbocycles. The number of thiocarbonyl (C=S) groups is 2. The molecule has 0 radical (unpaired) electrons. The molecule has 0 aliphatic heterocycles. The minimum absolute atomic E-state index is 0. The van der Waals surface area contributed by atoms with Gasteiger partial charge in [0.05, 0.1) is 13.2 Å². The first-order valence-electron chi connectivity index (χ1n) is 8.17. The Balaban J connectivity index is -0.000000372. The Bertz CT molecular complexity index is 355. The third-order valence-electron chi connectivity index (χ3n) is 2.25. The maximum atomic E-state index is 11.0. The normalized spacial score (nSPS) is 9.12. The third-order valence-corrected chi connectivity index (χ3v) is 2.85. The van der Waals surface area contributed by atoms with Crippen molar-refractivity contribution in [2.45, 2.75) is 66.2 Å². The predicted molar refractivity (Wildman–Crippen MR) is 99.7 cm³/mol. The van der Waals surface area contributed by atoms with E-state index in [4.69, 9.17) is 0 Å². The fraction of sp³-hybridized carbons (Fsp3) is 0.750. The molecule has 25 heavy (non-hydrogen) atoms. The summed E-state index contributed by atoms with van der Waals surface area (Å²) in [5.41, 5.74) is 0. The van der Waals surface area contributed by atoms with Crippen molar-refractivity contribution in [3.8, 4) is 0 Å². The Morgan fingerprint density at radius 2 is 1.00 bits per heavy atom. The van der Waals surface area contributed by atoms with E-state index >= 15 is 0 Å². The zero-order chi connectivity index (χ0) is 18.8. The van der Waals surface area contributed by atoms with Gasteiger partial charge >= 0.3 is 0 Å². The second-order valence-corrected chi connectivity index (χ2v) is 5.47. The molecule has 6 nitrogen and oxygen atoms in total. The maximum Gasteiger partial charge on any atom is 0.271 e. The summed E-state index contributed by atoms with van der Waals surface area (Å²) < 4.78 is 0. The molecule has 0 saturated carbocycles. The maximum absolute atomic E-state index is 11.0. The van der Waals surface area contributed by atoms with Gasteiger partial charge < -0.3 is 9.78 Å².